The van der Waals surface area contributed by atoms with E-state index in [2.05, 4.69) is 4.98 Å². The fourth-order valence-electron chi connectivity index (χ4n) is 1.82. The Hall–Kier alpha value is -2.44. The molecule has 9 heteroatoms. The van der Waals surface area contributed by atoms with Gasteiger partial charge in [-0.3, -0.25) is 4.79 Å². The lowest BCUT2D eigenvalue weighted by atomic mass is 10.2. The first kappa shape index (κ1) is 16.9. The number of sulfonamides is 1. The molecule has 0 radical (unpaired) electrons. The molecule has 0 saturated carbocycles. The van der Waals surface area contributed by atoms with Crippen molar-refractivity contribution in [3.05, 3.63) is 40.4 Å². The van der Waals surface area contributed by atoms with Crippen LogP contribution in [0, 0.1) is 18.3 Å². The van der Waals surface area contributed by atoms with Gasteiger partial charge in [-0.05, 0) is 31.2 Å². The molecule has 0 bridgehead atoms. The molecule has 1 heterocycles. The van der Waals surface area contributed by atoms with Gasteiger partial charge < -0.3 is 4.90 Å². The van der Waals surface area contributed by atoms with Crippen molar-refractivity contribution in [2.45, 2.75) is 6.92 Å². The molecule has 0 aliphatic rings. The van der Waals surface area contributed by atoms with Crippen LogP contribution in [0.5, 0.6) is 0 Å². The third kappa shape index (κ3) is 4.06. The molecule has 2 aromatic rings. The summed E-state index contributed by atoms with van der Waals surface area (Å²) in [4.78, 5) is 18.5. The van der Waals surface area contributed by atoms with E-state index in [0.717, 1.165) is 11.9 Å². The zero-order valence-corrected chi connectivity index (χ0v) is 14.3. The second-order valence-corrected chi connectivity index (χ2v) is 7.75. The van der Waals surface area contributed by atoms with Crippen molar-refractivity contribution < 1.29 is 13.2 Å². The van der Waals surface area contributed by atoms with Gasteiger partial charge in [-0.2, -0.15) is 5.26 Å². The molecule has 0 aliphatic heterocycles. The molecular formula is C14H14N4O3S2. The van der Waals surface area contributed by atoms with Crippen molar-refractivity contribution >= 4 is 38.1 Å². The molecule has 120 valence electrons. The van der Waals surface area contributed by atoms with Gasteiger partial charge in [0.2, 0.25) is 10.0 Å². The summed E-state index contributed by atoms with van der Waals surface area (Å²) in [5.41, 5.74) is 1.43. The Morgan fingerprint density at radius 2 is 1.96 bits per heavy atom. The number of hydrogen-bond acceptors (Lipinski definition) is 7. The molecule has 1 aromatic heterocycles. The number of nitriles is 1. The summed E-state index contributed by atoms with van der Waals surface area (Å²) >= 11 is 1.28. The molecule has 1 N–H and O–H groups in total. The number of hydrogen-bond donors (Lipinski definition) is 1. The van der Waals surface area contributed by atoms with Gasteiger partial charge >= 0.3 is 0 Å². The normalized spacial score (nSPS) is 10.9. The van der Waals surface area contributed by atoms with Crippen LogP contribution in [-0.2, 0) is 10.0 Å². The minimum absolute atomic E-state index is 0.0796. The summed E-state index contributed by atoms with van der Waals surface area (Å²) in [5.74, 6) is -0.749. The molecule has 0 spiro atoms. The highest BCUT2D eigenvalue weighted by Crippen LogP contribution is 2.30. The van der Waals surface area contributed by atoms with Crippen LogP contribution in [-0.4, -0.2) is 32.6 Å². The number of carbonyl (C=O) groups excluding carboxylic acids is 1. The van der Waals surface area contributed by atoms with Gasteiger partial charge in [0.25, 0.3) is 5.91 Å². The van der Waals surface area contributed by atoms with E-state index in [4.69, 9.17) is 5.26 Å². The Kier molecular flexibility index (Phi) is 4.68. The zero-order chi connectivity index (χ0) is 17.2. The number of anilines is 2. The number of nitrogens with one attached hydrogen (secondary N) is 1. The van der Waals surface area contributed by atoms with Crippen molar-refractivity contribution in [1.82, 2.24) is 9.71 Å². The molecule has 0 atom stereocenters. The lowest BCUT2D eigenvalue weighted by molar-refractivity contribution is 0.0977. The summed E-state index contributed by atoms with van der Waals surface area (Å²) in [6.07, 6.45) is 0.913. The lowest BCUT2D eigenvalue weighted by Crippen LogP contribution is -2.30. The third-order valence-electron chi connectivity index (χ3n) is 2.95. The number of thiazole rings is 1. The molecule has 0 fully saturated rings. The molecular weight excluding hydrogens is 336 g/mol. The van der Waals surface area contributed by atoms with E-state index in [0.29, 0.717) is 15.6 Å². The van der Waals surface area contributed by atoms with Crippen molar-refractivity contribution in [2.24, 2.45) is 0 Å². The van der Waals surface area contributed by atoms with E-state index in [1.165, 1.54) is 11.3 Å². The summed E-state index contributed by atoms with van der Waals surface area (Å²) in [6.45, 7) is 1.70. The number of nitrogens with zero attached hydrogens (tertiary/aromatic N) is 3. The average Bonchev–Trinajstić information content (AvgIpc) is 2.87. The molecule has 0 unspecified atom stereocenters. The fourth-order valence-corrected chi connectivity index (χ4v) is 3.14. The average molecular weight is 350 g/mol. The van der Waals surface area contributed by atoms with Crippen LogP contribution >= 0.6 is 11.3 Å². The fraction of sp³-hybridized carbons (Fsp3) is 0.214. The molecule has 1 amide bonds. The highest BCUT2D eigenvalue weighted by molar-refractivity contribution is 7.89. The summed E-state index contributed by atoms with van der Waals surface area (Å²) < 4.78 is 24.2. The topological polar surface area (TPSA) is 103 Å². The Balaban J connectivity index is 2.29. The van der Waals surface area contributed by atoms with E-state index in [-0.39, 0.29) is 5.69 Å². The Labute approximate surface area is 138 Å². The van der Waals surface area contributed by atoms with E-state index < -0.39 is 15.9 Å². The van der Waals surface area contributed by atoms with Gasteiger partial charge in [0.05, 0.1) is 17.9 Å². The van der Waals surface area contributed by atoms with Gasteiger partial charge in [-0.1, -0.05) is 0 Å². The SMILES string of the molecule is Cc1sc(N(C)c2ccc(C#N)cc2)nc1C(=O)NS(C)(=O)=O. The number of aryl methyl sites for hydroxylation is 1. The lowest BCUT2D eigenvalue weighted by Gasteiger charge is -2.15. The number of carbonyl (C=O) groups is 1. The Morgan fingerprint density at radius 3 is 2.48 bits per heavy atom. The first-order valence-corrected chi connectivity index (χ1v) is 9.15. The molecule has 2 rings (SSSR count). The molecule has 1 aromatic carbocycles. The monoisotopic (exact) mass is 350 g/mol. The van der Waals surface area contributed by atoms with Crippen LogP contribution < -0.4 is 9.62 Å². The predicted molar refractivity (Wildman–Crippen MR) is 88.4 cm³/mol. The maximum Gasteiger partial charge on any atom is 0.284 e. The van der Waals surface area contributed by atoms with Crippen LogP contribution in [0.1, 0.15) is 20.9 Å². The maximum absolute atomic E-state index is 11.9. The number of benzene rings is 1. The van der Waals surface area contributed by atoms with Crippen molar-refractivity contribution in [2.75, 3.05) is 18.2 Å². The summed E-state index contributed by atoms with van der Waals surface area (Å²) in [5, 5.41) is 9.36. The van der Waals surface area contributed by atoms with Crippen LogP contribution in [0.4, 0.5) is 10.8 Å². The second-order valence-electron chi connectivity index (χ2n) is 4.82. The van der Waals surface area contributed by atoms with E-state index >= 15 is 0 Å². The molecule has 0 saturated heterocycles. The minimum atomic E-state index is -3.64. The minimum Gasteiger partial charge on any atom is -0.321 e. The third-order valence-corrected chi connectivity index (χ3v) is 4.55. The first-order chi connectivity index (χ1) is 10.7. The first-order valence-electron chi connectivity index (χ1n) is 6.44. The number of amides is 1. The van der Waals surface area contributed by atoms with E-state index in [9.17, 15) is 13.2 Å². The standard InChI is InChI=1S/C14H14N4O3S2/c1-9-12(13(19)17-23(3,20)21)16-14(22-9)18(2)11-6-4-10(8-15)5-7-11/h4-7H,1-3H3,(H,17,19). The quantitative estimate of drug-likeness (QED) is 0.901. The van der Waals surface area contributed by atoms with Crippen LogP contribution in [0.15, 0.2) is 24.3 Å². The van der Waals surface area contributed by atoms with Gasteiger partial charge in [0.15, 0.2) is 5.13 Å². The summed E-state index contributed by atoms with van der Waals surface area (Å²) in [6, 6.07) is 8.95. The Morgan fingerprint density at radius 1 is 1.35 bits per heavy atom. The van der Waals surface area contributed by atoms with Crippen LogP contribution in [0.3, 0.4) is 0 Å². The predicted octanol–water partition coefficient (Wildman–Crippen LogP) is 1.78. The van der Waals surface area contributed by atoms with Gasteiger partial charge in [0, 0.05) is 17.6 Å². The van der Waals surface area contributed by atoms with Crippen molar-refractivity contribution in [1.29, 1.82) is 5.26 Å². The summed E-state index contributed by atoms with van der Waals surface area (Å²) in [7, 11) is -1.86. The largest absolute Gasteiger partial charge is 0.321 e. The van der Waals surface area contributed by atoms with Gasteiger partial charge in [0.1, 0.15) is 5.69 Å². The smallest absolute Gasteiger partial charge is 0.284 e. The van der Waals surface area contributed by atoms with Crippen molar-refractivity contribution in [3.8, 4) is 6.07 Å². The molecule has 0 aliphatic carbocycles. The number of rotatable bonds is 4. The maximum atomic E-state index is 11.9. The van der Waals surface area contributed by atoms with Crippen molar-refractivity contribution in [3.63, 3.8) is 0 Å². The highest BCUT2D eigenvalue weighted by atomic mass is 32.2. The highest BCUT2D eigenvalue weighted by Gasteiger charge is 2.20. The zero-order valence-electron chi connectivity index (χ0n) is 12.7. The second kappa shape index (κ2) is 6.36. The Bertz CT molecular complexity index is 880. The van der Waals surface area contributed by atoms with Gasteiger partial charge in [-0.15, -0.1) is 11.3 Å². The molecule has 23 heavy (non-hydrogen) atoms. The van der Waals surface area contributed by atoms with Gasteiger partial charge in [-0.25, -0.2) is 18.1 Å². The van der Waals surface area contributed by atoms with Crippen LogP contribution in [0.25, 0.3) is 0 Å². The van der Waals surface area contributed by atoms with Crippen LogP contribution in [0.2, 0.25) is 0 Å². The number of aromatic nitrogens is 1. The van der Waals surface area contributed by atoms with E-state index in [1.54, 1.807) is 43.1 Å². The molecule has 7 nitrogen and oxygen atoms in total. The van der Waals surface area contributed by atoms with E-state index in [1.807, 2.05) is 10.8 Å².